The molecule has 0 saturated heterocycles. The summed E-state index contributed by atoms with van der Waals surface area (Å²) in [5, 5.41) is 20.7. The highest BCUT2D eigenvalue weighted by Crippen LogP contribution is 2.62. The van der Waals surface area contributed by atoms with Crippen molar-refractivity contribution in [2.24, 2.45) is 22.7 Å². The highest BCUT2D eigenvalue weighted by molar-refractivity contribution is 5.91. The topological polar surface area (TPSA) is 76.0 Å². The number of ether oxygens (including phenoxy) is 2. The number of aliphatic hydroxyl groups is 2. The van der Waals surface area contributed by atoms with Crippen LogP contribution in [0.3, 0.4) is 0 Å². The Morgan fingerprint density at radius 1 is 1.42 bits per heavy atom. The largest absolute Gasteiger partial charge is 0.458 e. The monoisotopic (exact) mass is 364 g/mol. The van der Waals surface area contributed by atoms with Crippen LogP contribution in [-0.4, -0.2) is 48.7 Å². The highest BCUT2D eigenvalue weighted by Gasteiger charge is 2.58. The summed E-state index contributed by atoms with van der Waals surface area (Å²) in [7, 11) is 1.63. The molecule has 1 aliphatic heterocycles. The van der Waals surface area contributed by atoms with Crippen LogP contribution in [0.1, 0.15) is 46.0 Å². The van der Waals surface area contributed by atoms with Gasteiger partial charge in [-0.15, -0.1) is 0 Å². The molecule has 6 atom stereocenters. The molecule has 5 heteroatoms. The van der Waals surface area contributed by atoms with Crippen LogP contribution < -0.4 is 0 Å². The second-order valence-corrected chi connectivity index (χ2v) is 8.74. The Balaban J connectivity index is 1.90. The van der Waals surface area contributed by atoms with E-state index in [1.54, 1.807) is 7.11 Å². The maximum Gasteiger partial charge on any atom is 0.336 e. The van der Waals surface area contributed by atoms with Gasteiger partial charge in [-0.2, -0.15) is 0 Å². The first-order chi connectivity index (χ1) is 12.3. The van der Waals surface area contributed by atoms with Gasteiger partial charge in [-0.25, -0.2) is 4.79 Å². The molecule has 26 heavy (non-hydrogen) atoms. The van der Waals surface area contributed by atoms with E-state index in [2.05, 4.69) is 13.5 Å². The summed E-state index contributed by atoms with van der Waals surface area (Å²) in [6.07, 6.45) is 5.08. The van der Waals surface area contributed by atoms with Crippen LogP contribution in [0.5, 0.6) is 0 Å². The number of methoxy groups -OCH3 is 1. The Kier molecular flexibility index (Phi) is 5.35. The first-order valence-corrected chi connectivity index (χ1v) is 9.64. The molecular formula is C21H32O5. The molecule has 3 aliphatic rings. The van der Waals surface area contributed by atoms with E-state index in [4.69, 9.17) is 9.47 Å². The second-order valence-electron chi connectivity index (χ2n) is 8.74. The SMILES string of the molecule is C=C1CCC2C(C)(CO)C(O)CCC2(C)C1CC(OC)C1=CCOC1=O. The number of carbonyl (C=O) groups is 1. The minimum absolute atomic E-state index is 0.0151. The lowest BCUT2D eigenvalue weighted by Gasteiger charge is -2.60. The van der Waals surface area contributed by atoms with E-state index in [9.17, 15) is 15.0 Å². The van der Waals surface area contributed by atoms with Crippen molar-refractivity contribution in [1.29, 1.82) is 0 Å². The van der Waals surface area contributed by atoms with Gasteiger partial charge in [0.15, 0.2) is 0 Å². The molecule has 2 aliphatic carbocycles. The fourth-order valence-corrected chi connectivity index (χ4v) is 5.84. The molecule has 0 aromatic heterocycles. The van der Waals surface area contributed by atoms with Gasteiger partial charge in [-0.3, -0.25) is 0 Å². The zero-order chi connectivity index (χ0) is 19.1. The zero-order valence-corrected chi connectivity index (χ0v) is 16.2. The molecule has 0 aromatic rings. The number of fused-ring (bicyclic) bond motifs is 1. The Bertz CT molecular complexity index is 612. The lowest BCUT2D eigenvalue weighted by atomic mass is 9.46. The number of rotatable bonds is 5. The van der Waals surface area contributed by atoms with E-state index in [0.717, 1.165) is 19.3 Å². The van der Waals surface area contributed by atoms with E-state index in [-0.39, 0.29) is 35.9 Å². The number of allylic oxidation sites excluding steroid dienone is 1. The van der Waals surface area contributed by atoms with Crippen molar-refractivity contribution in [3.63, 3.8) is 0 Å². The van der Waals surface area contributed by atoms with Crippen LogP contribution in [-0.2, 0) is 14.3 Å². The number of cyclic esters (lactones) is 1. The normalized spacial score (nSPS) is 41.4. The molecule has 2 fully saturated rings. The van der Waals surface area contributed by atoms with Gasteiger partial charge in [0, 0.05) is 12.5 Å². The van der Waals surface area contributed by atoms with Crippen molar-refractivity contribution >= 4 is 5.97 Å². The van der Waals surface area contributed by atoms with Crippen molar-refractivity contribution in [1.82, 2.24) is 0 Å². The van der Waals surface area contributed by atoms with Gasteiger partial charge in [0.2, 0.25) is 0 Å². The smallest absolute Gasteiger partial charge is 0.336 e. The summed E-state index contributed by atoms with van der Waals surface area (Å²) in [6.45, 7) is 8.91. The average molecular weight is 364 g/mol. The quantitative estimate of drug-likeness (QED) is 0.579. The fraction of sp³-hybridized carbons (Fsp3) is 0.762. The Hall–Kier alpha value is -1.17. The molecule has 1 heterocycles. The number of hydrogen-bond acceptors (Lipinski definition) is 5. The van der Waals surface area contributed by atoms with Gasteiger partial charge in [0.1, 0.15) is 6.61 Å². The molecule has 3 rings (SSSR count). The minimum Gasteiger partial charge on any atom is -0.458 e. The first kappa shape index (κ1) is 19.6. The molecule has 0 spiro atoms. The van der Waals surface area contributed by atoms with Gasteiger partial charge in [-0.05, 0) is 55.4 Å². The molecule has 0 aromatic carbocycles. The number of hydrogen-bond donors (Lipinski definition) is 2. The number of aliphatic hydroxyl groups excluding tert-OH is 2. The van der Waals surface area contributed by atoms with E-state index in [1.165, 1.54) is 5.57 Å². The van der Waals surface area contributed by atoms with Crippen LogP contribution in [0, 0.1) is 22.7 Å². The van der Waals surface area contributed by atoms with Crippen LogP contribution in [0.25, 0.3) is 0 Å². The summed E-state index contributed by atoms with van der Waals surface area (Å²) in [5.41, 5.74) is 1.22. The van der Waals surface area contributed by atoms with Crippen molar-refractivity contribution in [2.75, 3.05) is 20.3 Å². The van der Waals surface area contributed by atoms with Gasteiger partial charge in [0.05, 0.1) is 24.4 Å². The van der Waals surface area contributed by atoms with E-state index < -0.39 is 11.5 Å². The average Bonchev–Trinajstić information content (AvgIpc) is 3.04. The standard InChI is InChI=1S/C21H32O5/c1-13-5-6-17-20(2,9-7-18(23)21(17,3)12-22)15(13)11-16(25-4)14-8-10-26-19(14)24/h8,15-18,22-23H,1,5-7,9-12H2,2-4H3. The molecule has 0 amide bonds. The molecule has 2 N–H and O–H groups in total. The third kappa shape index (κ3) is 2.94. The van der Waals surface area contributed by atoms with Gasteiger partial charge in [0.25, 0.3) is 0 Å². The van der Waals surface area contributed by atoms with E-state index in [0.29, 0.717) is 25.0 Å². The lowest BCUT2D eigenvalue weighted by molar-refractivity contribution is -0.155. The predicted molar refractivity (Wildman–Crippen MR) is 98.4 cm³/mol. The van der Waals surface area contributed by atoms with Crippen molar-refractivity contribution < 1.29 is 24.5 Å². The van der Waals surface area contributed by atoms with Gasteiger partial charge >= 0.3 is 5.97 Å². The maximum absolute atomic E-state index is 12.0. The predicted octanol–water partition coefficient (Wildman–Crippen LogP) is 2.62. The van der Waals surface area contributed by atoms with Crippen molar-refractivity contribution in [3.05, 3.63) is 23.8 Å². The summed E-state index contributed by atoms with van der Waals surface area (Å²) in [4.78, 5) is 12.0. The molecule has 6 unspecified atom stereocenters. The Morgan fingerprint density at radius 2 is 2.15 bits per heavy atom. The van der Waals surface area contributed by atoms with Crippen LogP contribution in [0.2, 0.25) is 0 Å². The zero-order valence-electron chi connectivity index (χ0n) is 16.2. The van der Waals surface area contributed by atoms with Gasteiger partial charge in [-0.1, -0.05) is 26.0 Å². The Morgan fingerprint density at radius 3 is 2.73 bits per heavy atom. The first-order valence-electron chi connectivity index (χ1n) is 9.64. The van der Waals surface area contributed by atoms with E-state index in [1.807, 2.05) is 13.0 Å². The van der Waals surface area contributed by atoms with Gasteiger partial charge < -0.3 is 19.7 Å². The lowest BCUT2D eigenvalue weighted by Crippen LogP contribution is -2.57. The number of esters is 1. The third-order valence-electron chi connectivity index (χ3n) is 7.53. The maximum atomic E-state index is 12.0. The van der Waals surface area contributed by atoms with Crippen LogP contribution in [0.4, 0.5) is 0 Å². The molecule has 0 bridgehead atoms. The summed E-state index contributed by atoms with van der Waals surface area (Å²) < 4.78 is 10.7. The fourth-order valence-electron chi connectivity index (χ4n) is 5.84. The summed E-state index contributed by atoms with van der Waals surface area (Å²) in [5.74, 6) is 0.0966. The van der Waals surface area contributed by atoms with Crippen LogP contribution >= 0.6 is 0 Å². The second kappa shape index (κ2) is 7.10. The van der Waals surface area contributed by atoms with E-state index >= 15 is 0 Å². The van der Waals surface area contributed by atoms with Crippen molar-refractivity contribution in [2.45, 2.75) is 58.2 Å². The molecule has 146 valence electrons. The molecule has 2 saturated carbocycles. The van der Waals surface area contributed by atoms with Crippen LogP contribution in [0.15, 0.2) is 23.8 Å². The van der Waals surface area contributed by atoms with Crippen molar-refractivity contribution in [3.8, 4) is 0 Å². The third-order valence-corrected chi connectivity index (χ3v) is 7.53. The number of carbonyl (C=O) groups excluding carboxylic acids is 1. The summed E-state index contributed by atoms with van der Waals surface area (Å²) in [6, 6.07) is 0. The molecule has 5 nitrogen and oxygen atoms in total. The molecular weight excluding hydrogens is 332 g/mol. The Labute approximate surface area is 156 Å². The minimum atomic E-state index is -0.500. The highest BCUT2D eigenvalue weighted by atomic mass is 16.5. The molecule has 0 radical (unpaired) electrons. The summed E-state index contributed by atoms with van der Waals surface area (Å²) >= 11 is 0.